The summed E-state index contributed by atoms with van der Waals surface area (Å²) in [5.74, 6) is 0.699. The second-order valence-corrected chi connectivity index (χ2v) is 17.1. The molecule has 2 aliphatic carbocycles. The lowest BCUT2D eigenvalue weighted by Gasteiger charge is -2.24. The smallest absolute Gasteiger partial charge is 0.205 e. The Morgan fingerprint density at radius 1 is 0.536 bits per heavy atom. The van der Waals surface area contributed by atoms with Crippen molar-refractivity contribution in [1.82, 2.24) is 9.97 Å². The third-order valence-corrected chi connectivity index (χ3v) is 14.0. The number of carbonyl (C=O) groups excluding carboxylic acids is 2. The maximum Gasteiger partial charge on any atom is 0.205 e. The van der Waals surface area contributed by atoms with Crippen LogP contribution >= 0.6 is 22.7 Å². The predicted molar refractivity (Wildman–Crippen MR) is 229 cm³/mol. The number of nitrogens with zero attached hydrogens (tertiary/aromatic N) is 2. The maximum atomic E-state index is 13.8. The van der Waals surface area contributed by atoms with Crippen molar-refractivity contribution in [1.29, 1.82) is 0 Å². The molecule has 0 spiro atoms. The van der Waals surface area contributed by atoms with Crippen LogP contribution < -0.4 is 11.5 Å². The second-order valence-electron chi connectivity index (χ2n) is 15.1. The van der Waals surface area contributed by atoms with E-state index in [0.29, 0.717) is 44.1 Å². The lowest BCUT2D eigenvalue weighted by atomic mass is 9.82. The number of nitrogen functional groups attached to an aromatic ring is 2. The monoisotopic (exact) mass is 766 g/mol. The van der Waals surface area contributed by atoms with Gasteiger partial charge in [0.15, 0.2) is 0 Å². The molecule has 10 rings (SSSR count). The zero-order valence-electron chi connectivity index (χ0n) is 30.6. The van der Waals surface area contributed by atoms with E-state index in [0.717, 1.165) is 81.5 Å². The average Bonchev–Trinajstić information content (AvgIpc) is 3.75. The van der Waals surface area contributed by atoms with Crippen LogP contribution in [0.5, 0.6) is 0 Å². The van der Waals surface area contributed by atoms with Crippen LogP contribution in [0, 0.1) is 0 Å². The van der Waals surface area contributed by atoms with Gasteiger partial charge in [0.2, 0.25) is 11.6 Å². The van der Waals surface area contributed by atoms with E-state index >= 15 is 0 Å². The minimum absolute atomic E-state index is 0.106. The predicted octanol–water partition coefficient (Wildman–Crippen LogP) is 10.7. The van der Waals surface area contributed by atoms with Crippen molar-refractivity contribution in [2.45, 2.75) is 50.4 Å². The minimum atomic E-state index is -0.106. The number of hydrogen-bond donors (Lipinski definition) is 2. The van der Waals surface area contributed by atoms with Crippen molar-refractivity contribution in [3.63, 3.8) is 0 Å². The molecular formula is C48H38N4O2S2. The molecule has 4 aromatic heterocycles. The number of benzene rings is 4. The third-order valence-electron chi connectivity index (χ3n) is 11.8. The normalized spacial score (nSPS) is 16.4. The standard InChI is InChI=1S/C48H38N4O2S2/c49-41-37-25-35-23-33(27-7-3-1-4-8-27)19-21-39(35)51-47(37)55-45(41)43(53)31-15-11-29(12-16-31)30-13-17-32(18-14-30)44(54)46-42(50)38-26-36-24-34(28-9-5-2-6-10-28)20-22-40(36)52-48(38)56-46/h1-18,25-26,33-34H,19-24,49-50H2. The van der Waals surface area contributed by atoms with Crippen molar-refractivity contribution in [2.24, 2.45) is 0 Å². The quantitative estimate of drug-likeness (QED) is 0.156. The van der Waals surface area contributed by atoms with Gasteiger partial charge in [-0.25, -0.2) is 9.97 Å². The van der Waals surface area contributed by atoms with Crippen molar-refractivity contribution in [2.75, 3.05) is 11.5 Å². The van der Waals surface area contributed by atoms with E-state index in [1.807, 2.05) is 48.5 Å². The fourth-order valence-electron chi connectivity index (χ4n) is 8.63. The van der Waals surface area contributed by atoms with Gasteiger partial charge in [0.05, 0.1) is 11.4 Å². The zero-order chi connectivity index (χ0) is 37.9. The van der Waals surface area contributed by atoms with Gasteiger partial charge in [0.25, 0.3) is 0 Å². The summed E-state index contributed by atoms with van der Waals surface area (Å²) in [6.07, 6.45) is 5.79. The first kappa shape index (κ1) is 34.5. The molecule has 4 heterocycles. The van der Waals surface area contributed by atoms with Gasteiger partial charge in [0.1, 0.15) is 19.4 Å². The van der Waals surface area contributed by atoms with E-state index in [2.05, 4.69) is 72.8 Å². The summed E-state index contributed by atoms with van der Waals surface area (Å²) in [4.78, 5) is 40.2. The Bertz CT molecular complexity index is 2610. The van der Waals surface area contributed by atoms with Crippen LogP contribution in [0.15, 0.2) is 121 Å². The Balaban J connectivity index is 0.849. The molecule has 0 saturated heterocycles. The number of nitrogens with two attached hydrogens (primary N) is 2. The van der Waals surface area contributed by atoms with Gasteiger partial charge in [0, 0.05) is 33.3 Å². The number of pyridine rings is 2. The lowest BCUT2D eigenvalue weighted by molar-refractivity contribution is 0.103. The lowest BCUT2D eigenvalue weighted by Crippen LogP contribution is -2.14. The van der Waals surface area contributed by atoms with Gasteiger partial charge in [-0.2, -0.15) is 0 Å². The molecule has 0 saturated carbocycles. The molecule has 0 bridgehead atoms. The fourth-order valence-corrected chi connectivity index (χ4v) is 10.7. The summed E-state index contributed by atoms with van der Waals surface area (Å²) >= 11 is 2.76. The molecule has 2 atom stereocenters. The zero-order valence-corrected chi connectivity index (χ0v) is 32.3. The number of ketones is 2. The van der Waals surface area contributed by atoms with E-state index in [-0.39, 0.29) is 11.6 Å². The topological polar surface area (TPSA) is 112 Å². The summed E-state index contributed by atoms with van der Waals surface area (Å²) in [6.45, 7) is 0. The van der Waals surface area contributed by atoms with Crippen LogP contribution in [-0.2, 0) is 25.7 Å². The van der Waals surface area contributed by atoms with Crippen molar-refractivity contribution in [3.05, 3.63) is 176 Å². The van der Waals surface area contributed by atoms with E-state index in [4.69, 9.17) is 21.4 Å². The highest BCUT2D eigenvalue weighted by Gasteiger charge is 2.27. The second kappa shape index (κ2) is 14.0. The largest absolute Gasteiger partial charge is 0.397 e. The van der Waals surface area contributed by atoms with Gasteiger partial charge in [-0.1, -0.05) is 109 Å². The highest BCUT2D eigenvalue weighted by Crippen LogP contribution is 2.41. The number of aryl methyl sites for hydroxylation is 2. The van der Waals surface area contributed by atoms with Crippen LogP contribution in [0.25, 0.3) is 31.6 Å². The first-order valence-electron chi connectivity index (χ1n) is 19.2. The Hall–Kier alpha value is -5.96. The number of anilines is 2. The van der Waals surface area contributed by atoms with Gasteiger partial charge < -0.3 is 11.5 Å². The Kier molecular flexibility index (Phi) is 8.61. The number of fused-ring (bicyclic) bond motifs is 4. The van der Waals surface area contributed by atoms with Crippen LogP contribution in [0.4, 0.5) is 11.4 Å². The third kappa shape index (κ3) is 6.10. The molecule has 4 aromatic carbocycles. The maximum absolute atomic E-state index is 13.8. The number of aromatic nitrogens is 2. The number of hydrogen-bond acceptors (Lipinski definition) is 8. The van der Waals surface area contributed by atoms with Crippen LogP contribution in [0.3, 0.4) is 0 Å². The summed E-state index contributed by atoms with van der Waals surface area (Å²) in [5.41, 5.74) is 24.7. The summed E-state index contributed by atoms with van der Waals surface area (Å²) in [5, 5.41) is 1.73. The molecule has 0 radical (unpaired) electrons. The number of thiophene rings is 2. The van der Waals surface area contributed by atoms with Gasteiger partial charge in [-0.15, -0.1) is 22.7 Å². The molecule has 56 heavy (non-hydrogen) atoms. The highest BCUT2D eigenvalue weighted by atomic mass is 32.1. The Morgan fingerprint density at radius 2 is 0.929 bits per heavy atom. The Labute approximate surface area is 332 Å². The van der Waals surface area contributed by atoms with Crippen molar-refractivity contribution in [3.8, 4) is 11.1 Å². The molecule has 2 unspecified atom stereocenters. The Morgan fingerprint density at radius 3 is 1.32 bits per heavy atom. The summed E-state index contributed by atoms with van der Waals surface area (Å²) in [7, 11) is 0. The van der Waals surface area contributed by atoms with Crippen LogP contribution in [0.2, 0.25) is 0 Å². The van der Waals surface area contributed by atoms with Crippen molar-refractivity contribution < 1.29 is 9.59 Å². The highest BCUT2D eigenvalue weighted by molar-refractivity contribution is 7.21. The summed E-state index contributed by atoms with van der Waals surface area (Å²) in [6, 6.07) is 40.7. The van der Waals surface area contributed by atoms with E-state index < -0.39 is 0 Å². The van der Waals surface area contributed by atoms with Gasteiger partial charge >= 0.3 is 0 Å². The molecule has 2 aliphatic rings. The first-order valence-corrected chi connectivity index (χ1v) is 20.8. The molecule has 8 heteroatoms. The minimum Gasteiger partial charge on any atom is -0.397 e. The van der Waals surface area contributed by atoms with Gasteiger partial charge in [-0.05, 0) is 95.9 Å². The molecule has 274 valence electrons. The van der Waals surface area contributed by atoms with Crippen LogP contribution in [-0.4, -0.2) is 21.5 Å². The van der Waals surface area contributed by atoms with E-state index in [1.54, 1.807) is 0 Å². The number of carbonyl (C=O) groups is 2. The average molecular weight is 767 g/mol. The SMILES string of the molecule is Nc1c(C(=O)c2ccc(-c3ccc(C(=O)c4sc5nc6c(cc5c4N)CC(c4ccccc4)CC6)cc3)cc2)sc2nc3c(cc12)CC(c1ccccc1)CC3. The molecule has 0 aliphatic heterocycles. The molecular weight excluding hydrogens is 729 g/mol. The fraction of sp³-hybridized carbons (Fsp3) is 0.167. The summed E-state index contributed by atoms with van der Waals surface area (Å²) < 4.78 is 0. The molecule has 4 N–H and O–H groups in total. The molecule has 0 amide bonds. The first-order chi connectivity index (χ1) is 27.4. The number of rotatable bonds is 7. The van der Waals surface area contributed by atoms with Crippen LogP contribution in [0.1, 0.15) is 88.8 Å². The molecule has 6 nitrogen and oxygen atoms in total. The molecule has 0 fully saturated rings. The van der Waals surface area contributed by atoms with E-state index in [1.165, 1.54) is 44.9 Å². The molecule has 8 aromatic rings. The van der Waals surface area contributed by atoms with E-state index in [9.17, 15) is 9.59 Å². The van der Waals surface area contributed by atoms with Crippen molar-refractivity contribution >= 4 is 66.0 Å². The van der Waals surface area contributed by atoms with Gasteiger partial charge in [-0.3, -0.25) is 9.59 Å².